The number of aromatic carboxylic acids is 1. The Bertz CT molecular complexity index is 954. The molecule has 1 fully saturated rings. The van der Waals surface area contributed by atoms with Crippen LogP contribution in [0.1, 0.15) is 63.6 Å². The van der Waals surface area contributed by atoms with Crippen molar-refractivity contribution >= 4 is 11.9 Å². The van der Waals surface area contributed by atoms with Crippen molar-refractivity contribution in [2.75, 3.05) is 13.1 Å². The molecule has 5 rings (SSSR count). The van der Waals surface area contributed by atoms with Crippen molar-refractivity contribution in [1.29, 1.82) is 0 Å². The van der Waals surface area contributed by atoms with Gasteiger partial charge in [0.05, 0.1) is 0 Å². The Balaban J connectivity index is 1.25. The third-order valence-electron chi connectivity index (χ3n) is 6.74. The number of carbonyl (C=O) groups is 2. The molecule has 146 valence electrons. The van der Waals surface area contributed by atoms with E-state index in [0.717, 1.165) is 56.5 Å². The van der Waals surface area contributed by atoms with Gasteiger partial charge in [0.25, 0.3) is 0 Å². The Labute approximate surface area is 164 Å². The van der Waals surface area contributed by atoms with Crippen LogP contribution in [0.4, 0.5) is 0 Å². The standard InChI is InChI=1S/C22H25N3O3/c26-20(13-25-19-6-2-5-18(19)21(23-25)22(27)28)24-11-9-15(10-12-24)16-4-1-3-14-7-8-17(14)16/h1,3-4,15H,2,5-13H2,(H,27,28). The number of carboxylic acids is 1. The third-order valence-corrected chi connectivity index (χ3v) is 6.74. The summed E-state index contributed by atoms with van der Waals surface area (Å²) in [7, 11) is 0. The molecule has 0 unspecified atom stereocenters. The van der Waals surface area contributed by atoms with Crippen molar-refractivity contribution in [3.05, 3.63) is 51.8 Å². The Hall–Kier alpha value is -2.63. The van der Waals surface area contributed by atoms with Crippen LogP contribution in [0.2, 0.25) is 0 Å². The van der Waals surface area contributed by atoms with Gasteiger partial charge in [-0.3, -0.25) is 9.48 Å². The zero-order chi connectivity index (χ0) is 19.3. The van der Waals surface area contributed by atoms with E-state index in [1.54, 1.807) is 10.2 Å². The van der Waals surface area contributed by atoms with Crippen molar-refractivity contribution in [3.8, 4) is 0 Å². The first-order valence-electron chi connectivity index (χ1n) is 10.3. The molecule has 2 aliphatic carbocycles. The van der Waals surface area contributed by atoms with Crippen molar-refractivity contribution in [1.82, 2.24) is 14.7 Å². The molecule has 1 aliphatic heterocycles. The molecule has 6 heteroatoms. The highest BCUT2D eigenvalue weighted by molar-refractivity contribution is 5.87. The molecule has 1 amide bonds. The Morgan fingerprint density at radius 1 is 1.07 bits per heavy atom. The number of carboxylic acid groups (broad SMARTS) is 1. The van der Waals surface area contributed by atoms with Gasteiger partial charge in [-0.15, -0.1) is 0 Å². The minimum Gasteiger partial charge on any atom is -0.476 e. The second kappa shape index (κ2) is 6.76. The number of hydrogen-bond donors (Lipinski definition) is 1. The molecule has 1 saturated heterocycles. The SMILES string of the molecule is O=C(O)c1nn(CC(=O)N2CCC(c3cccc4c3CC4)CC2)c2c1CCC2. The van der Waals surface area contributed by atoms with Gasteiger partial charge in [-0.1, -0.05) is 18.2 Å². The normalized spacial score (nSPS) is 18.5. The molecule has 28 heavy (non-hydrogen) atoms. The fraction of sp³-hybridized carbons (Fsp3) is 0.500. The summed E-state index contributed by atoms with van der Waals surface area (Å²) in [6, 6.07) is 6.67. The zero-order valence-corrected chi connectivity index (χ0v) is 16.0. The van der Waals surface area contributed by atoms with Gasteiger partial charge in [-0.2, -0.15) is 5.10 Å². The number of aromatic nitrogens is 2. The van der Waals surface area contributed by atoms with Crippen LogP contribution in [-0.2, 0) is 37.0 Å². The van der Waals surface area contributed by atoms with Crippen LogP contribution < -0.4 is 0 Å². The predicted molar refractivity (Wildman–Crippen MR) is 104 cm³/mol. The average Bonchev–Trinajstić information content (AvgIpc) is 3.26. The summed E-state index contributed by atoms with van der Waals surface area (Å²) in [5.41, 5.74) is 6.41. The van der Waals surface area contributed by atoms with Gasteiger partial charge in [0.1, 0.15) is 6.54 Å². The number of hydrogen-bond acceptors (Lipinski definition) is 3. The number of aryl methyl sites for hydroxylation is 1. The highest BCUT2D eigenvalue weighted by Gasteiger charge is 2.30. The maximum Gasteiger partial charge on any atom is 0.356 e. The lowest BCUT2D eigenvalue weighted by atomic mass is 9.78. The number of likely N-dealkylation sites (tertiary alicyclic amines) is 1. The molecule has 0 spiro atoms. The summed E-state index contributed by atoms with van der Waals surface area (Å²) in [5.74, 6) is -0.398. The first kappa shape index (κ1) is 17.5. The van der Waals surface area contributed by atoms with Gasteiger partial charge in [0.2, 0.25) is 5.91 Å². The number of carbonyl (C=O) groups excluding carboxylic acids is 1. The highest BCUT2D eigenvalue weighted by Crippen LogP contribution is 2.36. The number of benzene rings is 1. The Morgan fingerprint density at radius 3 is 2.61 bits per heavy atom. The molecule has 6 nitrogen and oxygen atoms in total. The zero-order valence-electron chi connectivity index (χ0n) is 16.0. The molecule has 0 bridgehead atoms. The minimum absolute atomic E-state index is 0.0497. The number of piperidine rings is 1. The summed E-state index contributed by atoms with van der Waals surface area (Å²) < 4.78 is 1.64. The molecular formula is C22H25N3O3. The fourth-order valence-electron chi connectivity index (χ4n) is 5.14. The van der Waals surface area contributed by atoms with E-state index in [9.17, 15) is 14.7 Å². The number of nitrogens with zero attached hydrogens (tertiary/aromatic N) is 3. The summed E-state index contributed by atoms with van der Waals surface area (Å²) >= 11 is 0. The first-order valence-corrected chi connectivity index (χ1v) is 10.3. The van der Waals surface area contributed by atoms with Crippen LogP contribution in [0.3, 0.4) is 0 Å². The summed E-state index contributed by atoms with van der Waals surface area (Å²) in [4.78, 5) is 26.2. The molecule has 0 atom stereocenters. The van der Waals surface area contributed by atoms with Crippen LogP contribution in [0.5, 0.6) is 0 Å². The Morgan fingerprint density at radius 2 is 1.89 bits per heavy atom. The lowest BCUT2D eigenvalue weighted by Gasteiger charge is -2.35. The maximum atomic E-state index is 12.8. The third kappa shape index (κ3) is 2.82. The molecule has 1 N–H and O–H groups in total. The highest BCUT2D eigenvalue weighted by atomic mass is 16.4. The molecule has 1 aromatic carbocycles. The van der Waals surface area contributed by atoms with Crippen LogP contribution in [0.25, 0.3) is 0 Å². The van der Waals surface area contributed by atoms with Crippen LogP contribution >= 0.6 is 0 Å². The van der Waals surface area contributed by atoms with Crippen molar-refractivity contribution < 1.29 is 14.7 Å². The Kier molecular flexibility index (Phi) is 4.22. The van der Waals surface area contributed by atoms with Crippen LogP contribution in [-0.4, -0.2) is 44.8 Å². The molecule has 1 aromatic heterocycles. The van der Waals surface area contributed by atoms with Crippen LogP contribution in [0, 0.1) is 0 Å². The van der Waals surface area contributed by atoms with Gasteiger partial charge < -0.3 is 10.0 Å². The first-order chi connectivity index (χ1) is 13.6. The van der Waals surface area contributed by atoms with E-state index in [1.807, 2.05) is 4.90 Å². The summed E-state index contributed by atoms with van der Waals surface area (Å²) in [5, 5.41) is 13.6. The van der Waals surface area contributed by atoms with E-state index in [-0.39, 0.29) is 18.1 Å². The second-order valence-electron chi connectivity index (χ2n) is 8.23. The number of amides is 1. The van der Waals surface area contributed by atoms with Gasteiger partial charge in [0, 0.05) is 24.3 Å². The molecule has 0 saturated carbocycles. The molecule has 3 aliphatic rings. The van der Waals surface area contributed by atoms with E-state index in [2.05, 4.69) is 23.3 Å². The van der Waals surface area contributed by atoms with Crippen molar-refractivity contribution in [2.45, 2.75) is 57.4 Å². The van der Waals surface area contributed by atoms with E-state index in [1.165, 1.54) is 24.0 Å². The topological polar surface area (TPSA) is 75.4 Å². The largest absolute Gasteiger partial charge is 0.476 e. The lowest BCUT2D eigenvalue weighted by molar-refractivity contribution is -0.133. The van der Waals surface area contributed by atoms with Gasteiger partial charge >= 0.3 is 5.97 Å². The van der Waals surface area contributed by atoms with E-state index in [4.69, 9.17) is 0 Å². The molecular weight excluding hydrogens is 354 g/mol. The van der Waals surface area contributed by atoms with Gasteiger partial charge in [-0.25, -0.2) is 4.79 Å². The molecule has 2 aromatic rings. The number of fused-ring (bicyclic) bond motifs is 2. The van der Waals surface area contributed by atoms with E-state index >= 15 is 0 Å². The number of rotatable bonds is 4. The average molecular weight is 379 g/mol. The predicted octanol–water partition coefficient (Wildman–Crippen LogP) is 2.57. The monoisotopic (exact) mass is 379 g/mol. The molecule has 2 heterocycles. The van der Waals surface area contributed by atoms with Crippen molar-refractivity contribution in [3.63, 3.8) is 0 Å². The van der Waals surface area contributed by atoms with E-state index < -0.39 is 5.97 Å². The van der Waals surface area contributed by atoms with Gasteiger partial charge in [0.15, 0.2) is 5.69 Å². The van der Waals surface area contributed by atoms with Gasteiger partial charge in [-0.05, 0) is 67.6 Å². The quantitative estimate of drug-likeness (QED) is 0.886. The van der Waals surface area contributed by atoms with Crippen LogP contribution in [0.15, 0.2) is 18.2 Å². The smallest absolute Gasteiger partial charge is 0.356 e. The van der Waals surface area contributed by atoms with Crippen molar-refractivity contribution in [2.24, 2.45) is 0 Å². The minimum atomic E-state index is -0.996. The summed E-state index contributed by atoms with van der Waals surface area (Å²) in [6.45, 7) is 1.69. The maximum absolute atomic E-state index is 12.8. The van der Waals surface area contributed by atoms with E-state index in [0.29, 0.717) is 5.92 Å². The lowest BCUT2D eigenvalue weighted by Crippen LogP contribution is -2.40. The fourth-order valence-corrected chi connectivity index (χ4v) is 5.14. The molecule has 0 radical (unpaired) electrons. The summed E-state index contributed by atoms with van der Waals surface area (Å²) in [6.07, 6.45) is 6.89. The second-order valence-corrected chi connectivity index (χ2v) is 8.23.